The summed E-state index contributed by atoms with van der Waals surface area (Å²) >= 11 is 3.47. The molecular formula is C18H20BrNO2. The SMILES string of the molecule is Cc1ccc(OCCCC(=O)NCc2ccccc2)c(Br)c1. The maximum atomic E-state index is 11.8. The molecule has 3 nitrogen and oxygen atoms in total. The lowest BCUT2D eigenvalue weighted by molar-refractivity contribution is -0.121. The molecule has 22 heavy (non-hydrogen) atoms. The van der Waals surface area contributed by atoms with Crippen molar-refractivity contribution in [1.82, 2.24) is 5.32 Å². The third-order valence-electron chi connectivity index (χ3n) is 3.23. The molecule has 0 saturated carbocycles. The third kappa shape index (κ3) is 5.53. The number of ether oxygens (including phenoxy) is 1. The Balaban J connectivity index is 1.65. The van der Waals surface area contributed by atoms with Crippen molar-refractivity contribution >= 4 is 21.8 Å². The van der Waals surface area contributed by atoms with E-state index in [2.05, 4.69) is 21.2 Å². The van der Waals surface area contributed by atoms with Gasteiger partial charge in [0.05, 0.1) is 11.1 Å². The summed E-state index contributed by atoms with van der Waals surface area (Å²) in [5, 5.41) is 2.91. The minimum Gasteiger partial charge on any atom is -0.492 e. The van der Waals surface area contributed by atoms with Crippen molar-refractivity contribution < 1.29 is 9.53 Å². The summed E-state index contributed by atoms with van der Waals surface area (Å²) in [5.74, 6) is 0.866. The predicted octanol–water partition coefficient (Wildman–Crippen LogP) is 4.23. The molecule has 0 aliphatic heterocycles. The highest BCUT2D eigenvalue weighted by Crippen LogP contribution is 2.25. The Bertz CT molecular complexity index is 614. The summed E-state index contributed by atoms with van der Waals surface area (Å²) in [5.41, 5.74) is 2.29. The Hall–Kier alpha value is -1.81. The zero-order valence-electron chi connectivity index (χ0n) is 12.6. The Morgan fingerprint density at radius 2 is 1.95 bits per heavy atom. The number of hydrogen-bond donors (Lipinski definition) is 1. The van der Waals surface area contributed by atoms with Gasteiger partial charge in [0.25, 0.3) is 0 Å². The first kappa shape index (κ1) is 16.6. The van der Waals surface area contributed by atoms with Crippen LogP contribution in [-0.2, 0) is 11.3 Å². The predicted molar refractivity (Wildman–Crippen MR) is 91.9 cm³/mol. The minimum atomic E-state index is 0.0513. The summed E-state index contributed by atoms with van der Waals surface area (Å²) in [7, 11) is 0. The Morgan fingerprint density at radius 3 is 2.68 bits per heavy atom. The van der Waals surface area contributed by atoms with E-state index in [0.717, 1.165) is 15.8 Å². The van der Waals surface area contributed by atoms with Crippen molar-refractivity contribution in [3.8, 4) is 5.75 Å². The molecule has 0 aromatic heterocycles. The van der Waals surface area contributed by atoms with Crippen LogP contribution in [0.15, 0.2) is 53.0 Å². The highest BCUT2D eigenvalue weighted by atomic mass is 79.9. The minimum absolute atomic E-state index is 0.0513. The van der Waals surface area contributed by atoms with Crippen LogP contribution in [0, 0.1) is 6.92 Å². The van der Waals surface area contributed by atoms with Crippen LogP contribution in [0.25, 0.3) is 0 Å². The second-order valence-corrected chi connectivity index (χ2v) is 6.00. The molecule has 0 saturated heterocycles. The van der Waals surface area contributed by atoms with Crippen molar-refractivity contribution in [3.63, 3.8) is 0 Å². The van der Waals surface area contributed by atoms with E-state index in [1.807, 2.05) is 55.5 Å². The van der Waals surface area contributed by atoms with E-state index in [4.69, 9.17) is 4.74 Å². The first-order valence-corrected chi connectivity index (χ1v) is 8.14. The topological polar surface area (TPSA) is 38.3 Å². The van der Waals surface area contributed by atoms with Crippen LogP contribution in [0.1, 0.15) is 24.0 Å². The van der Waals surface area contributed by atoms with Gasteiger partial charge in [-0.2, -0.15) is 0 Å². The zero-order valence-corrected chi connectivity index (χ0v) is 14.2. The molecule has 0 atom stereocenters. The molecule has 0 radical (unpaired) electrons. The molecule has 0 aliphatic rings. The summed E-state index contributed by atoms with van der Waals surface area (Å²) < 4.78 is 6.62. The van der Waals surface area contributed by atoms with E-state index >= 15 is 0 Å². The van der Waals surface area contributed by atoms with Crippen molar-refractivity contribution in [2.75, 3.05) is 6.61 Å². The molecule has 0 bridgehead atoms. The van der Waals surface area contributed by atoms with Crippen LogP contribution < -0.4 is 10.1 Å². The van der Waals surface area contributed by atoms with E-state index in [1.54, 1.807) is 0 Å². The number of carbonyl (C=O) groups excluding carboxylic acids is 1. The van der Waals surface area contributed by atoms with Crippen molar-refractivity contribution in [3.05, 3.63) is 64.1 Å². The number of rotatable bonds is 7. The molecular weight excluding hydrogens is 342 g/mol. The maximum absolute atomic E-state index is 11.8. The highest BCUT2D eigenvalue weighted by Gasteiger charge is 2.04. The van der Waals surface area contributed by atoms with Gasteiger partial charge in [-0.05, 0) is 52.5 Å². The Labute approximate surface area is 139 Å². The molecule has 2 aromatic carbocycles. The van der Waals surface area contributed by atoms with Crippen molar-refractivity contribution in [1.29, 1.82) is 0 Å². The lowest BCUT2D eigenvalue weighted by Crippen LogP contribution is -2.22. The van der Waals surface area contributed by atoms with Gasteiger partial charge in [-0.25, -0.2) is 0 Å². The van der Waals surface area contributed by atoms with Crippen LogP contribution in [0.4, 0.5) is 0 Å². The summed E-state index contributed by atoms with van der Waals surface area (Å²) in [4.78, 5) is 11.8. The summed E-state index contributed by atoms with van der Waals surface area (Å²) in [6.07, 6.45) is 1.16. The van der Waals surface area contributed by atoms with Gasteiger partial charge < -0.3 is 10.1 Å². The van der Waals surface area contributed by atoms with E-state index in [-0.39, 0.29) is 5.91 Å². The van der Waals surface area contributed by atoms with Gasteiger partial charge in [0.15, 0.2) is 0 Å². The van der Waals surface area contributed by atoms with Gasteiger partial charge >= 0.3 is 0 Å². The van der Waals surface area contributed by atoms with Gasteiger partial charge in [-0.15, -0.1) is 0 Å². The number of amides is 1. The Morgan fingerprint density at radius 1 is 1.18 bits per heavy atom. The molecule has 2 rings (SSSR count). The lowest BCUT2D eigenvalue weighted by atomic mass is 10.2. The number of nitrogens with one attached hydrogen (secondary N) is 1. The van der Waals surface area contributed by atoms with Crippen molar-refractivity contribution in [2.45, 2.75) is 26.3 Å². The quantitative estimate of drug-likeness (QED) is 0.749. The van der Waals surface area contributed by atoms with Crippen LogP contribution >= 0.6 is 15.9 Å². The summed E-state index contributed by atoms with van der Waals surface area (Å²) in [6.45, 7) is 3.13. The highest BCUT2D eigenvalue weighted by molar-refractivity contribution is 9.10. The molecule has 116 valence electrons. The van der Waals surface area contributed by atoms with Crippen LogP contribution in [0.3, 0.4) is 0 Å². The second-order valence-electron chi connectivity index (χ2n) is 5.15. The van der Waals surface area contributed by atoms with E-state index in [0.29, 0.717) is 26.0 Å². The molecule has 0 spiro atoms. The first-order chi connectivity index (χ1) is 10.6. The largest absolute Gasteiger partial charge is 0.492 e. The molecule has 0 fully saturated rings. The fourth-order valence-electron chi connectivity index (χ4n) is 2.02. The number of halogens is 1. The molecule has 4 heteroatoms. The molecule has 0 aliphatic carbocycles. The van der Waals surface area contributed by atoms with Crippen LogP contribution in [-0.4, -0.2) is 12.5 Å². The van der Waals surface area contributed by atoms with E-state index in [9.17, 15) is 4.79 Å². The zero-order chi connectivity index (χ0) is 15.8. The monoisotopic (exact) mass is 361 g/mol. The van der Waals surface area contributed by atoms with Crippen LogP contribution in [0.5, 0.6) is 5.75 Å². The molecule has 0 unspecified atom stereocenters. The second kappa shape index (κ2) is 8.59. The van der Waals surface area contributed by atoms with E-state index in [1.165, 1.54) is 5.56 Å². The molecule has 2 aromatic rings. The van der Waals surface area contributed by atoms with Crippen LogP contribution in [0.2, 0.25) is 0 Å². The fraction of sp³-hybridized carbons (Fsp3) is 0.278. The smallest absolute Gasteiger partial charge is 0.220 e. The average molecular weight is 362 g/mol. The maximum Gasteiger partial charge on any atom is 0.220 e. The van der Waals surface area contributed by atoms with Gasteiger partial charge in [-0.3, -0.25) is 4.79 Å². The van der Waals surface area contributed by atoms with Gasteiger partial charge in [-0.1, -0.05) is 36.4 Å². The number of benzene rings is 2. The van der Waals surface area contributed by atoms with E-state index < -0.39 is 0 Å². The first-order valence-electron chi connectivity index (χ1n) is 7.35. The number of hydrogen-bond acceptors (Lipinski definition) is 2. The lowest BCUT2D eigenvalue weighted by Gasteiger charge is -2.09. The Kier molecular flexibility index (Phi) is 6.46. The average Bonchev–Trinajstić information content (AvgIpc) is 2.52. The fourth-order valence-corrected chi connectivity index (χ4v) is 2.63. The standard InChI is InChI=1S/C18H20BrNO2/c1-14-9-10-17(16(19)12-14)22-11-5-8-18(21)20-13-15-6-3-2-4-7-15/h2-4,6-7,9-10,12H,5,8,11,13H2,1H3,(H,20,21). The summed E-state index contributed by atoms with van der Waals surface area (Å²) in [6, 6.07) is 15.9. The van der Waals surface area contributed by atoms with Gasteiger partial charge in [0.2, 0.25) is 5.91 Å². The van der Waals surface area contributed by atoms with Crippen molar-refractivity contribution in [2.24, 2.45) is 0 Å². The van der Waals surface area contributed by atoms with Gasteiger partial charge in [0.1, 0.15) is 5.75 Å². The normalized spacial score (nSPS) is 10.3. The number of carbonyl (C=O) groups is 1. The molecule has 1 N–H and O–H groups in total. The third-order valence-corrected chi connectivity index (χ3v) is 3.85. The van der Waals surface area contributed by atoms with Gasteiger partial charge in [0, 0.05) is 13.0 Å². The molecule has 1 amide bonds. The number of aryl methyl sites for hydroxylation is 1. The molecule has 0 heterocycles.